The first kappa shape index (κ1) is 13.7. The molecule has 0 saturated carbocycles. The van der Waals surface area contributed by atoms with Gasteiger partial charge in [0.2, 0.25) is 0 Å². The van der Waals surface area contributed by atoms with Gasteiger partial charge in [-0.3, -0.25) is 4.79 Å². The Bertz CT molecular complexity index is 491. The van der Waals surface area contributed by atoms with Crippen LogP contribution in [0.1, 0.15) is 39.1 Å². The molecule has 0 bridgehead atoms. The van der Waals surface area contributed by atoms with E-state index in [1.54, 1.807) is 0 Å². The van der Waals surface area contributed by atoms with Gasteiger partial charge in [0, 0.05) is 6.42 Å². The number of hydrogen-bond donors (Lipinski definition) is 3. The second kappa shape index (κ2) is 5.81. The summed E-state index contributed by atoms with van der Waals surface area (Å²) in [7, 11) is 0. The number of carbonyl (C=O) groups is 3. The van der Waals surface area contributed by atoms with Crippen LogP contribution in [0.3, 0.4) is 0 Å². The lowest BCUT2D eigenvalue weighted by molar-refractivity contribution is -0.137. The molecule has 6 heteroatoms. The third-order valence-electron chi connectivity index (χ3n) is 2.43. The summed E-state index contributed by atoms with van der Waals surface area (Å²) in [6.45, 7) is 0. The monoisotopic (exact) mass is 252 g/mol. The Balaban J connectivity index is 3.03. The largest absolute Gasteiger partial charge is 0.481 e. The maximum Gasteiger partial charge on any atom is 0.336 e. The Kier molecular flexibility index (Phi) is 4.42. The van der Waals surface area contributed by atoms with E-state index < -0.39 is 17.9 Å². The summed E-state index contributed by atoms with van der Waals surface area (Å²) in [5.41, 5.74) is -0.214. The van der Waals surface area contributed by atoms with Crippen molar-refractivity contribution in [3.05, 3.63) is 34.9 Å². The van der Waals surface area contributed by atoms with Gasteiger partial charge in [0.25, 0.3) is 0 Å². The first-order valence-corrected chi connectivity index (χ1v) is 5.23. The lowest BCUT2D eigenvalue weighted by Gasteiger charge is -2.08. The molecule has 1 rings (SSSR count). The molecule has 0 radical (unpaired) electrons. The fourth-order valence-electron chi connectivity index (χ4n) is 1.67. The third kappa shape index (κ3) is 3.31. The molecule has 1 aromatic rings. The number of aromatic carboxylic acids is 2. The van der Waals surface area contributed by atoms with E-state index >= 15 is 0 Å². The number of aliphatic carboxylic acids is 1. The smallest absolute Gasteiger partial charge is 0.336 e. The SMILES string of the molecule is O=C(O)CCCc1cccc(C(=O)O)c1C(=O)O. The highest BCUT2D eigenvalue weighted by Crippen LogP contribution is 2.17. The summed E-state index contributed by atoms with van der Waals surface area (Å²) in [5, 5.41) is 26.4. The van der Waals surface area contributed by atoms with Crippen molar-refractivity contribution < 1.29 is 29.7 Å². The Hall–Kier alpha value is -2.37. The van der Waals surface area contributed by atoms with Crippen LogP contribution in [0.4, 0.5) is 0 Å². The fourth-order valence-corrected chi connectivity index (χ4v) is 1.67. The highest BCUT2D eigenvalue weighted by Gasteiger charge is 2.19. The summed E-state index contributed by atoms with van der Waals surface area (Å²) in [5.74, 6) is -3.60. The number of hydrogen-bond acceptors (Lipinski definition) is 3. The Morgan fingerprint density at radius 3 is 2.17 bits per heavy atom. The number of carboxylic acid groups (broad SMARTS) is 3. The lowest BCUT2D eigenvalue weighted by Crippen LogP contribution is -2.11. The summed E-state index contributed by atoms with van der Waals surface area (Å²) in [6, 6.07) is 4.16. The molecule has 0 unspecified atom stereocenters. The van der Waals surface area contributed by atoms with Crippen molar-refractivity contribution in [2.75, 3.05) is 0 Å². The predicted octanol–water partition coefficient (Wildman–Crippen LogP) is 1.49. The minimum atomic E-state index is -1.32. The molecule has 0 fully saturated rings. The maximum atomic E-state index is 11.1. The molecule has 0 heterocycles. The van der Waals surface area contributed by atoms with Gasteiger partial charge in [0.15, 0.2) is 0 Å². The van der Waals surface area contributed by atoms with Crippen LogP contribution in [-0.2, 0) is 11.2 Å². The van der Waals surface area contributed by atoms with Crippen molar-refractivity contribution in [3.8, 4) is 0 Å². The van der Waals surface area contributed by atoms with Gasteiger partial charge >= 0.3 is 17.9 Å². The van der Waals surface area contributed by atoms with Gasteiger partial charge in [-0.15, -0.1) is 0 Å². The zero-order valence-electron chi connectivity index (χ0n) is 9.42. The summed E-state index contributed by atoms with van der Waals surface area (Å²) in [4.78, 5) is 32.3. The van der Waals surface area contributed by atoms with Gasteiger partial charge < -0.3 is 15.3 Å². The topological polar surface area (TPSA) is 112 Å². The highest BCUT2D eigenvalue weighted by atomic mass is 16.4. The molecule has 3 N–H and O–H groups in total. The molecule has 18 heavy (non-hydrogen) atoms. The normalized spacial score (nSPS) is 10.0. The minimum Gasteiger partial charge on any atom is -0.481 e. The Labute approximate surface area is 102 Å². The molecule has 0 aliphatic heterocycles. The van der Waals surface area contributed by atoms with E-state index in [0.717, 1.165) is 0 Å². The van der Waals surface area contributed by atoms with Crippen LogP contribution in [0.15, 0.2) is 18.2 Å². The van der Waals surface area contributed by atoms with Crippen molar-refractivity contribution in [3.63, 3.8) is 0 Å². The van der Waals surface area contributed by atoms with E-state index in [9.17, 15) is 14.4 Å². The predicted molar refractivity (Wildman–Crippen MR) is 60.9 cm³/mol. The molecule has 96 valence electrons. The van der Waals surface area contributed by atoms with Crippen LogP contribution in [0, 0.1) is 0 Å². The number of benzene rings is 1. The van der Waals surface area contributed by atoms with E-state index in [4.69, 9.17) is 15.3 Å². The molecule has 0 aliphatic carbocycles. The average Bonchev–Trinajstić information content (AvgIpc) is 2.27. The van der Waals surface area contributed by atoms with Crippen molar-refractivity contribution in [1.82, 2.24) is 0 Å². The lowest BCUT2D eigenvalue weighted by atomic mass is 9.97. The fraction of sp³-hybridized carbons (Fsp3) is 0.250. The highest BCUT2D eigenvalue weighted by molar-refractivity contribution is 6.02. The molecule has 1 aromatic carbocycles. The quantitative estimate of drug-likeness (QED) is 0.707. The average molecular weight is 252 g/mol. The van der Waals surface area contributed by atoms with E-state index in [2.05, 4.69) is 0 Å². The molecule has 0 aliphatic rings. The molecule has 0 spiro atoms. The van der Waals surface area contributed by atoms with Crippen LogP contribution in [0.5, 0.6) is 0 Å². The van der Waals surface area contributed by atoms with E-state index in [1.807, 2.05) is 0 Å². The molecular weight excluding hydrogens is 240 g/mol. The Morgan fingerprint density at radius 2 is 1.67 bits per heavy atom. The van der Waals surface area contributed by atoms with E-state index in [0.29, 0.717) is 5.56 Å². The number of aryl methyl sites for hydroxylation is 1. The van der Waals surface area contributed by atoms with Gasteiger partial charge in [0.05, 0.1) is 11.1 Å². The number of carboxylic acids is 3. The second-order valence-electron chi connectivity index (χ2n) is 3.70. The van der Waals surface area contributed by atoms with Crippen molar-refractivity contribution in [2.45, 2.75) is 19.3 Å². The maximum absolute atomic E-state index is 11.1. The van der Waals surface area contributed by atoms with Gasteiger partial charge in [-0.1, -0.05) is 12.1 Å². The first-order valence-electron chi connectivity index (χ1n) is 5.23. The van der Waals surface area contributed by atoms with E-state index in [1.165, 1.54) is 18.2 Å². The molecule has 0 aromatic heterocycles. The van der Waals surface area contributed by atoms with Gasteiger partial charge in [-0.05, 0) is 24.5 Å². The zero-order valence-corrected chi connectivity index (χ0v) is 9.42. The molecule has 0 amide bonds. The molecule has 6 nitrogen and oxygen atoms in total. The number of rotatable bonds is 6. The summed E-state index contributed by atoms with van der Waals surface area (Å²) >= 11 is 0. The summed E-state index contributed by atoms with van der Waals surface area (Å²) < 4.78 is 0. The van der Waals surface area contributed by atoms with Gasteiger partial charge in [-0.2, -0.15) is 0 Å². The van der Waals surface area contributed by atoms with Gasteiger partial charge in [0.1, 0.15) is 0 Å². The van der Waals surface area contributed by atoms with E-state index in [-0.39, 0.29) is 30.4 Å². The second-order valence-corrected chi connectivity index (χ2v) is 3.70. The molecular formula is C12H12O6. The molecule has 0 atom stereocenters. The van der Waals surface area contributed by atoms with Gasteiger partial charge in [-0.25, -0.2) is 9.59 Å². The zero-order chi connectivity index (χ0) is 13.7. The van der Waals surface area contributed by atoms with Crippen molar-refractivity contribution >= 4 is 17.9 Å². The summed E-state index contributed by atoms with van der Waals surface area (Å²) in [6.07, 6.45) is 0.393. The van der Waals surface area contributed by atoms with Crippen molar-refractivity contribution in [2.24, 2.45) is 0 Å². The van der Waals surface area contributed by atoms with Crippen LogP contribution in [-0.4, -0.2) is 33.2 Å². The Morgan fingerprint density at radius 1 is 1.00 bits per heavy atom. The molecule has 0 saturated heterocycles. The first-order chi connectivity index (χ1) is 8.43. The minimum absolute atomic E-state index is 0.0869. The van der Waals surface area contributed by atoms with Crippen LogP contribution >= 0.6 is 0 Å². The standard InChI is InChI=1S/C12H12O6/c13-9(14)6-2-4-7-3-1-5-8(11(15)16)10(7)12(17)18/h1,3,5H,2,4,6H2,(H,13,14)(H,15,16)(H,17,18). The van der Waals surface area contributed by atoms with Crippen LogP contribution < -0.4 is 0 Å². The van der Waals surface area contributed by atoms with Crippen LogP contribution in [0.25, 0.3) is 0 Å². The third-order valence-corrected chi connectivity index (χ3v) is 2.43. The van der Waals surface area contributed by atoms with Crippen LogP contribution in [0.2, 0.25) is 0 Å². The van der Waals surface area contributed by atoms with Crippen molar-refractivity contribution in [1.29, 1.82) is 0 Å².